The molecule has 1 fully saturated rings. The van der Waals surface area contributed by atoms with Crippen LogP contribution >= 0.6 is 0 Å². The van der Waals surface area contributed by atoms with Crippen molar-refractivity contribution in [2.24, 2.45) is 0 Å². The second kappa shape index (κ2) is 13.9. The summed E-state index contributed by atoms with van der Waals surface area (Å²) < 4.78 is 5.34. The smallest absolute Gasteiger partial charge is 0.255 e. The van der Waals surface area contributed by atoms with Crippen molar-refractivity contribution in [2.45, 2.75) is 39.5 Å². The van der Waals surface area contributed by atoms with Crippen molar-refractivity contribution >= 4 is 29.1 Å². The molecule has 2 N–H and O–H groups in total. The summed E-state index contributed by atoms with van der Waals surface area (Å²) in [4.78, 5) is 36.8. The van der Waals surface area contributed by atoms with E-state index in [0.717, 1.165) is 58.6 Å². The molecular formula is C34H37N5O3. The molecule has 1 aliphatic heterocycles. The van der Waals surface area contributed by atoms with Crippen molar-refractivity contribution in [3.05, 3.63) is 101 Å². The highest BCUT2D eigenvalue weighted by Gasteiger charge is 2.17. The van der Waals surface area contributed by atoms with E-state index < -0.39 is 0 Å². The van der Waals surface area contributed by atoms with Crippen LogP contribution < -0.4 is 10.6 Å². The number of carbonyl (C=O) groups excluding carboxylic acids is 2. The molecule has 0 aliphatic carbocycles. The molecule has 0 spiro atoms. The molecule has 2 amide bonds. The maximum Gasteiger partial charge on any atom is 0.255 e. The largest absolute Gasteiger partial charge is 0.378 e. The Balaban J connectivity index is 1.27. The van der Waals surface area contributed by atoms with Gasteiger partial charge in [-0.3, -0.25) is 9.59 Å². The summed E-state index contributed by atoms with van der Waals surface area (Å²) in [5.74, 6) is 0.468. The lowest BCUT2D eigenvalue weighted by molar-refractivity contribution is -0.134. The molecule has 1 aliphatic rings. The zero-order valence-electron chi connectivity index (χ0n) is 24.2. The molecule has 2 heterocycles. The zero-order valence-corrected chi connectivity index (χ0v) is 24.2. The number of ether oxygens (including phenoxy) is 1. The number of amides is 2. The summed E-state index contributed by atoms with van der Waals surface area (Å²) in [6.45, 7) is 6.63. The van der Waals surface area contributed by atoms with Crippen LogP contribution in [-0.4, -0.2) is 53.0 Å². The van der Waals surface area contributed by atoms with Gasteiger partial charge in [-0.2, -0.15) is 0 Å². The Morgan fingerprint density at radius 3 is 2.52 bits per heavy atom. The van der Waals surface area contributed by atoms with Crippen LogP contribution in [0.5, 0.6) is 0 Å². The van der Waals surface area contributed by atoms with Gasteiger partial charge >= 0.3 is 0 Å². The minimum atomic E-state index is -0.109. The number of nitrogens with zero attached hydrogens (tertiary/aromatic N) is 3. The lowest BCUT2D eigenvalue weighted by atomic mass is 10.0. The van der Waals surface area contributed by atoms with Gasteiger partial charge in [-0.1, -0.05) is 55.8 Å². The standard InChI is InChI=1S/C34H37N5O3/c1-3-4-8-26-9-5-6-10-29(26)33(41)37-30-12-7-11-28(24(30)2)31-17-18-35-34(38-31)36-27-15-13-25(14-16-27)23-32(40)39-19-21-42-22-20-39/h5-7,9-18H,3-4,8,19-23H2,1-2H3,(H,37,41)(H,35,36,38). The molecule has 42 heavy (non-hydrogen) atoms. The fraction of sp³-hybridized carbons (Fsp3) is 0.294. The van der Waals surface area contributed by atoms with Crippen LogP contribution in [0.3, 0.4) is 0 Å². The molecule has 0 unspecified atom stereocenters. The van der Waals surface area contributed by atoms with Crippen LogP contribution in [0.1, 0.15) is 46.8 Å². The van der Waals surface area contributed by atoms with Crippen molar-refractivity contribution in [1.29, 1.82) is 0 Å². The average Bonchev–Trinajstić information content (AvgIpc) is 3.02. The molecule has 0 radical (unpaired) electrons. The summed E-state index contributed by atoms with van der Waals surface area (Å²) in [5.41, 5.74) is 6.89. The first kappa shape index (κ1) is 29.0. The van der Waals surface area contributed by atoms with Crippen molar-refractivity contribution < 1.29 is 14.3 Å². The minimum Gasteiger partial charge on any atom is -0.378 e. The topological polar surface area (TPSA) is 96.5 Å². The van der Waals surface area contributed by atoms with Gasteiger partial charge in [0.05, 0.1) is 25.3 Å². The van der Waals surface area contributed by atoms with E-state index in [1.807, 2.05) is 84.6 Å². The van der Waals surface area contributed by atoms with Crippen molar-refractivity contribution in [3.63, 3.8) is 0 Å². The van der Waals surface area contributed by atoms with Crippen molar-refractivity contribution in [3.8, 4) is 11.3 Å². The van der Waals surface area contributed by atoms with Gasteiger partial charge in [0.1, 0.15) is 0 Å². The summed E-state index contributed by atoms with van der Waals surface area (Å²) in [5, 5.41) is 6.38. The monoisotopic (exact) mass is 563 g/mol. The molecule has 8 nitrogen and oxygen atoms in total. The number of hydrogen-bond acceptors (Lipinski definition) is 6. The molecule has 1 aromatic heterocycles. The lowest BCUT2D eigenvalue weighted by Gasteiger charge is -2.26. The van der Waals surface area contributed by atoms with E-state index in [-0.39, 0.29) is 11.8 Å². The van der Waals surface area contributed by atoms with Gasteiger partial charge in [-0.15, -0.1) is 0 Å². The maximum atomic E-state index is 13.2. The van der Waals surface area contributed by atoms with E-state index in [2.05, 4.69) is 22.5 Å². The van der Waals surface area contributed by atoms with Gasteiger partial charge in [0.2, 0.25) is 11.9 Å². The van der Waals surface area contributed by atoms with E-state index >= 15 is 0 Å². The molecule has 0 saturated carbocycles. The molecule has 0 bridgehead atoms. The Bertz CT molecular complexity index is 1530. The van der Waals surface area contributed by atoms with Crippen LogP contribution in [0.15, 0.2) is 79.0 Å². The van der Waals surface area contributed by atoms with Crippen LogP contribution in [0.4, 0.5) is 17.3 Å². The predicted octanol–water partition coefficient (Wildman–Crippen LogP) is 6.19. The van der Waals surface area contributed by atoms with Crippen LogP contribution in [0, 0.1) is 6.92 Å². The molecule has 8 heteroatoms. The van der Waals surface area contributed by atoms with Crippen molar-refractivity contribution in [2.75, 3.05) is 36.9 Å². The molecule has 4 aromatic rings. The average molecular weight is 564 g/mol. The fourth-order valence-electron chi connectivity index (χ4n) is 5.07. The number of benzene rings is 3. The zero-order chi connectivity index (χ0) is 29.3. The molecular weight excluding hydrogens is 526 g/mol. The van der Waals surface area contributed by atoms with Crippen LogP contribution in [-0.2, 0) is 22.4 Å². The Kier molecular flexibility index (Phi) is 9.56. The number of anilines is 3. The van der Waals surface area contributed by atoms with Gasteiger partial charge < -0.3 is 20.3 Å². The van der Waals surface area contributed by atoms with E-state index in [1.54, 1.807) is 6.20 Å². The van der Waals surface area contributed by atoms with E-state index in [4.69, 9.17) is 9.72 Å². The number of nitrogens with one attached hydrogen (secondary N) is 2. The van der Waals surface area contributed by atoms with Gasteiger partial charge in [0.15, 0.2) is 0 Å². The first-order valence-corrected chi connectivity index (χ1v) is 14.6. The Hall–Kier alpha value is -4.56. The highest BCUT2D eigenvalue weighted by molar-refractivity contribution is 6.06. The minimum absolute atomic E-state index is 0.109. The molecule has 0 atom stereocenters. The number of rotatable bonds is 10. The number of morpholine rings is 1. The van der Waals surface area contributed by atoms with Crippen LogP contribution in [0.25, 0.3) is 11.3 Å². The fourth-order valence-corrected chi connectivity index (χ4v) is 5.07. The normalized spacial score (nSPS) is 13.0. The van der Waals surface area contributed by atoms with Gasteiger partial charge in [-0.05, 0) is 66.8 Å². The van der Waals surface area contributed by atoms with E-state index in [9.17, 15) is 9.59 Å². The van der Waals surface area contributed by atoms with E-state index in [0.29, 0.717) is 44.2 Å². The van der Waals surface area contributed by atoms with Crippen LogP contribution in [0.2, 0.25) is 0 Å². The number of aryl methyl sites for hydroxylation is 1. The third-order valence-electron chi connectivity index (χ3n) is 7.50. The number of carbonyl (C=O) groups is 2. The summed E-state index contributed by atoms with van der Waals surface area (Å²) in [6.07, 6.45) is 5.08. The number of aromatic nitrogens is 2. The Labute approximate surface area is 247 Å². The Morgan fingerprint density at radius 1 is 0.952 bits per heavy atom. The molecule has 1 saturated heterocycles. The summed E-state index contributed by atoms with van der Waals surface area (Å²) in [6, 6.07) is 23.2. The summed E-state index contributed by atoms with van der Waals surface area (Å²) in [7, 11) is 0. The first-order valence-electron chi connectivity index (χ1n) is 14.6. The van der Waals surface area contributed by atoms with Gasteiger partial charge in [0.25, 0.3) is 5.91 Å². The van der Waals surface area contributed by atoms with Gasteiger partial charge in [-0.25, -0.2) is 9.97 Å². The third-order valence-corrected chi connectivity index (χ3v) is 7.50. The first-order chi connectivity index (χ1) is 20.5. The Morgan fingerprint density at radius 2 is 1.74 bits per heavy atom. The second-order valence-corrected chi connectivity index (χ2v) is 10.5. The second-order valence-electron chi connectivity index (χ2n) is 10.5. The highest BCUT2D eigenvalue weighted by Crippen LogP contribution is 2.29. The molecule has 5 rings (SSSR count). The predicted molar refractivity (Wildman–Crippen MR) is 166 cm³/mol. The van der Waals surface area contributed by atoms with Gasteiger partial charge in [0, 0.05) is 41.8 Å². The number of hydrogen-bond donors (Lipinski definition) is 2. The lowest BCUT2D eigenvalue weighted by Crippen LogP contribution is -2.41. The summed E-state index contributed by atoms with van der Waals surface area (Å²) >= 11 is 0. The van der Waals surface area contributed by atoms with Crippen molar-refractivity contribution in [1.82, 2.24) is 14.9 Å². The van der Waals surface area contributed by atoms with E-state index in [1.165, 1.54) is 0 Å². The molecule has 3 aromatic carbocycles. The number of unbranched alkanes of at least 4 members (excludes halogenated alkanes) is 1. The highest BCUT2D eigenvalue weighted by atomic mass is 16.5. The third kappa shape index (κ3) is 7.19. The quantitative estimate of drug-likeness (QED) is 0.239. The maximum absolute atomic E-state index is 13.2. The molecule has 216 valence electrons. The SMILES string of the molecule is CCCCc1ccccc1C(=O)Nc1cccc(-c2ccnc(Nc3ccc(CC(=O)N4CCOCC4)cc3)n2)c1C.